The van der Waals surface area contributed by atoms with Crippen LogP contribution in [0.3, 0.4) is 0 Å². The van der Waals surface area contributed by atoms with E-state index in [4.69, 9.17) is 9.72 Å². The topological polar surface area (TPSA) is 42.4 Å². The van der Waals surface area contributed by atoms with Crippen molar-refractivity contribution in [1.82, 2.24) is 4.98 Å². The predicted molar refractivity (Wildman–Crippen MR) is 105 cm³/mol. The summed E-state index contributed by atoms with van der Waals surface area (Å²) in [5, 5.41) is 0.887. The molecule has 4 rings (SSSR count). The molecule has 27 heavy (non-hydrogen) atoms. The average Bonchev–Trinajstić information content (AvgIpc) is 3.12. The number of hydrogen-bond donors (Lipinski definition) is 0. The molecule has 1 aliphatic rings. The molecule has 1 aromatic heterocycles. The first kappa shape index (κ1) is 17.5. The van der Waals surface area contributed by atoms with Crippen LogP contribution < -0.4 is 4.90 Å². The first-order chi connectivity index (χ1) is 13.1. The Morgan fingerprint density at radius 2 is 1.96 bits per heavy atom. The molecule has 0 N–H and O–H groups in total. The van der Waals surface area contributed by atoms with Gasteiger partial charge in [-0.2, -0.15) is 0 Å². The normalized spacial score (nSPS) is 16.7. The lowest BCUT2D eigenvalue weighted by Crippen LogP contribution is -2.27. The second-order valence-corrected chi connectivity index (χ2v) is 6.95. The summed E-state index contributed by atoms with van der Waals surface area (Å²) in [6.45, 7) is 3.16. The van der Waals surface area contributed by atoms with E-state index in [-0.39, 0.29) is 11.8 Å². The van der Waals surface area contributed by atoms with E-state index < -0.39 is 0 Å². The molecule has 0 radical (unpaired) electrons. The Balaban J connectivity index is 1.91. The number of pyridine rings is 1. The molecule has 1 aliphatic heterocycles. The first-order valence-electron chi connectivity index (χ1n) is 9.12. The van der Waals surface area contributed by atoms with E-state index in [0.29, 0.717) is 11.6 Å². The van der Waals surface area contributed by atoms with Crippen molar-refractivity contribution in [3.63, 3.8) is 0 Å². The Labute approximate surface area is 157 Å². The Morgan fingerprint density at radius 3 is 2.63 bits per heavy atom. The van der Waals surface area contributed by atoms with Gasteiger partial charge in [0.15, 0.2) is 0 Å². The van der Waals surface area contributed by atoms with Gasteiger partial charge in [-0.1, -0.05) is 0 Å². The Kier molecular flexibility index (Phi) is 4.52. The van der Waals surface area contributed by atoms with E-state index in [0.717, 1.165) is 47.2 Å². The van der Waals surface area contributed by atoms with E-state index in [9.17, 15) is 9.18 Å². The van der Waals surface area contributed by atoms with Gasteiger partial charge < -0.3 is 9.64 Å². The molecule has 0 unspecified atom stereocenters. The molecule has 2 heterocycles. The number of carbonyl (C=O) groups is 1. The number of carbonyl (C=O) groups excluding carboxylic acids is 1. The van der Waals surface area contributed by atoms with Crippen LogP contribution in [0.5, 0.6) is 0 Å². The SMILES string of the molecule is COC(=O)c1ccc2nc(-c3ccc(F)cc3)c(N3CCC[C@H]3C)cc2c1. The number of benzene rings is 2. The third-order valence-electron chi connectivity index (χ3n) is 5.20. The van der Waals surface area contributed by atoms with Gasteiger partial charge in [0.1, 0.15) is 5.82 Å². The van der Waals surface area contributed by atoms with E-state index >= 15 is 0 Å². The summed E-state index contributed by atoms with van der Waals surface area (Å²) < 4.78 is 18.2. The van der Waals surface area contributed by atoms with Crippen molar-refractivity contribution in [2.75, 3.05) is 18.6 Å². The summed E-state index contributed by atoms with van der Waals surface area (Å²) in [4.78, 5) is 19.1. The largest absolute Gasteiger partial charge is 0.465 e. The van der Waals surface area contributed by atoms with Crippen molar-refractivity contribution >= 4 is 22.6 Å². The predicted octanol–water partition coefficient (Wildman–Crippen LogP) is 4.82. The summed E-state index contributed by atoms with van der Waals surface area (Å²) >= 11 is 0. The zero-order valence-electron chi connectivity index (χ0n) is 15.4. The highest BCUT2D eigenvalue weighted by molar-refractivity contribution is 5.96. The number of aromatic nitrogens is 1. The highest BCUT2D eigenvalue weighted by Crippen LogP contribution is 2.36. The highest BCUT2D eigenvalue weighted by atomic mass is 19.1. The molecule has 1 fully saturated rings. The van der Waals surface area contributed by atoms with Gasteiger partial charge in [0.25, 0.3) is 0 Å². The maximum atomic E-state index is 13.4. The third kappa shape index (κ3) is 3.25. The molecule has 1 saturated heterocycles. The zero-order chi connectivity index (χ0) is 19.0. The minimum Gasteiger partial charge on any atom is -0.465 e. The van der Waals surface area contributed by atoms with Gasteiger partial charge in [0.05, 0.1) is 29.6 Å². The molecule has 0 amide bonds. The van der Waals surface area contributed by atoms with E-state index in [2.05, 4.69) is 17.9 Å². The second-order valence-electron chi connectivity index (χ2n) is 6.95. The van der Waals surface area contributed by atoms with Gasteiger partial charge in [-0.05, 0) is 68.3 Å². The molecule has 1 atom stereocenters. The zero-order valence-corrected chi connectivity index (χ0v) is 15.4. The molecule has 0 bridgehead atoms. The fourth-order valence-electron chi connectivity index (χ4n) is 3.74. The molecule has 2 aromatic carbocycles. The lowest BCUT2D eigenvalue weighted by molar-refractivity contribution is 0.0601. The van der Waals surface area contributed by atoms with E-state index in [1.165, 1.54) is 19.2 Å². The first-order valence-corrected chi connectivity index (χ1v) is 9.12. The van der Waals surface area contributed by atoms with Crippen molar-refractivity contribution in [3.8, 4) is 11.3 Å². The maximum absolute atomic E-state index is 13.4. The number of rotatable bonds is 3. The number of hydrogen-bond acceptors (Lipinski definition) is 4. The summed E-state index contributed by atoms with van der Waals surface area (Å²) in [6, 6.07) is 14.3. The molecule has 0 saturated carbocycles. The van der Waals surface area contributed by atoms with Crippen LogP contribution in [-0.4, -0.2) is 30.6 Å². The molecule has 138 valence electrons. The molecule has 4 nitrogen and oxygen atoms in total. The lowest BCUT2D eigenvalue weighted by Gasteiger charge is -2.26. The average molecular weight is 364 g/mol. The highest BCUT2D eigenvalue weighted by Gasteiger charge is 2.24. The minimum atomic E-state index is -0.365. The molecular formula is C22H21FN2O2. The van der Waals surface area contributed by atoms with Gasteiger partial charge in [-0.3, -0.25) is 0 Å². The fourth-order valence-corrected chi connectivity index (χ4v) is 3.74. The Hall–Kier alpha value is -2.95. The maximum Gasteiger partial charge on any atom is 0.337 e. The summed E-state index contributed by atoms with van der Waals surface area (Å²) in [5.74, 6) is -0.631. The number of nitrogens with zero attached hydrogens (tertiary/aromatic N) is 2. The van der Waals surface area contributed by atoms with Crippen molar-refractivity contribution < 1.29 is 13.9 Å². The molecule has 0 spiro atoms. The van der Waals surface area contributed by atoms with Crippen molar-refractivity contribution in [2.24, 2.45) is 0 Å². The molecular weight excluding hydrogens is 343 g/mol. The molecule has 3 aromatic rings. The van der Waals surface area contributed by atoms with Crippen LogP contribution in [0.2, 0.25) is 0 Å². The van der Waals surface area contributed by atoms with Gasteiger partial charge in [0.2, 0.25) is 0 Å². The van der Waals surface area contributed by atoms with Crippen LogP contribution in [-0.2, 0) is 4.74 Å². The van der Waals surface area contributed by atoms with Crippen molar-refractivity contribution in [1.29, 1.82) is 0 Å². The van der Waals surface area contributed by atoms with Gasteiger partial charge in [-0.15, -0.1) is 0 Å². The van der Waals surface area contributed by atoms with Crippen LogP contribution in [0.1, 0.15) is 30.1 Å². The minimum absolute atomic E-state index is 0.265. The lowest BCUT2D eigenvalue weighted by atomic mass is 10.0. The Morgan fingerprint density at radius 1 is 1.19 bits per heavy atom. The number of esters is 1. The number of anilines is 1. The van der Waals surface area contributed by atoms with Gasteiger partial charge in [-0.25, -0.2) is 14.2 Å². The van der Waals surface area contributed by atoms with Crippen molar-refractivity contribution in [3.05, 3.63) is 59.9 Å². The number of methoxy groups -OCH3 is 1. The third-order valence-corrected chi connectivity index (χ3v) is 5.20. The number of halogens is 1. The monoisotopic (exact) mass is 364 g/mol. The molecule has 0 aliphatic carbocycles. The molecule has 5 heteroatoms. The van der Waals surface area contributed by atoms with Crippen molar-refractivity contribution in [2.45, 2.75) is 25.8 Å². The quantitative estimate of drug-likeness (QED) is 0.625. The second kappa shape index (κ2) is 6.99. The van der Waals surface area contributed by atoms with Crippen LogP contribution in [0.15, 0.2) is 48.5 Å². The van der Waals surface area contributed by atoms with E-state index in [1.807, 2.05) is 12.1 Å². The van der Waals surface area contributed by atoms with E-state index in [1.54, 1.807) is 18.2 Å². The number of ether oxygens (including phenoxy) is 1. The van der Waals surface area contributed by atoms with Crippen LogP contribution in [0.25, 0.3) is 22.2 Å². The summed E-state index contributed by atoms with van der Waals surface area (Å²) in [6.07, 6.45) is 2.26. The van der Waals surface area contributed by atoms with Crippen LogP contribution in [0, 0.1) is 5.82 Å². The summed E-state index contributed by atoms with van der Waals surface area (Å²) in [5.41, 5.74) is 4.02. The van der Waals surface area contributed by atoms with Gasteiger partial charge in [0, 0.05) is 23.5 Å². The fraction of sp³-hybridized carbons (Fsp3) is 0.273. The number of fused-ring (bicyclic) bond motifs is 1. The Bertz CT molecular complexity index is 1000. The van der Waals surface area contributed by atoms with Crippen LogP contribution >= 0.6 is 0 Å². The standard InChI is InChI=1S/C22H21FN2O2/c1-14-4-3-11-25(14)20-13-17-12-16(22(26)27-2)7-10-19(17)24-21(20)15-5-8-18(23)9-6-15/h5-10,12-14H,3-4,11H2,1-2H3/t14-/m1/s1. The van der Waals surface area contributed by atoms with Gasteiger partial charge >= 0.3 is 5.97 Å². The van der Waals surface area contributed by atoms with Crippen LogP contribution in [0.4, 0.5) is 10.1 Å². The smallest absolute Gasteiger partial charge is 0.337 e. The summed E-state index contributed by atoms with van der Waals surface area (Å²) in [7, 11) is 1.37.